The molecule has 2 heterocycles. The third-order valence-electron chi connectivity index (χ3n) is 2.81. The fourth-order valence-electron chi connectivity index (χ4n) is 1.96. The fraction of sp³-hybridized carbons (Fsp3) is 0.0769. The average molecular weight is 289 g/mol. The minimum absolute atomic E-state index is 0.0251. The molecule has 17 heavy (non-hydrogen) atoms. The number of hydrogen-bond donors (Lipinski definition) is 0. The van der Waals surface area contributed by atoms with E-state index < -0.39 is 0 Å². The number of halogens is 1. The van der Waals surface area contributed by atoms with Gasteiger partial charge in [0.25, 0.3) is 5.91 Å². The Balaban J connectivity index is 1.99. The smallest absolute Gasteiger partial charge is 0.277 e. The van der Waals surface area contributed by atoms with Crippen molar-refractivity contribution in [2.75, 3.05) is 4.90 Å². The maximum atomic E-state index is 12.1. The highest BCUT2D eigenvalue weighted by Gasteiger charge is 2.29. The highest BCUT2D eigenvalue weighted by atomic mass is 79.9. The topological polar surface area (TPSA) is 33.2 Å². The molecular formula is C13H9BrN2O. The molecule has 0 saturated heterocycles. The summed E-state index contributed by atoms with van der Waals surface area (Å²) < 4.78 is 1.00. The zero-order valence-electron chi connectivity index (χ0n) is 8.93. The highest BCUT2D eigenvalue weighted by Crippen LogP contribution is 2.27. The van der Waals surface area contributed by atoms with Crippen LogP contribution >= 0.6 is 15.9 Å². The summed E-state index contributed by atoms with van der Waals surface area (Å²) in [4.78, 5) is 18.0. The van der Waals surface area contributed by atoms with E-state index in [1.807, 2.05) is 36.4 Å². The van der Waals surface area contributed by atoms with Crippen molar-refractivity contribution in [2.24, 2.45) is 0 Å². The van der Waals surface area contributed by atoms with Crippen molar-refractivity contribution < 1.29 is 4.79 Å². The zero-order chi connectivity index (χ0) is 11.8. The van der Waals surface area contributed by atoms with Crippen LogP contribution in [0.5, 0.6) is 0 Å². The second-order valence-electron chi connectivity index (χ2n) is 3.88. The molecule has 3 nitrogen and oxygen atoms in total. The lowest BCUT2D eigenvalue weighted by Crippen LogP contribution is -2.23. The number of anilines is 1. The Morgan fingerprint density at radius 2 is 1.94 bits per heavy atom. The number of pyridine rings is 1. The molecule has 2 aromatic rings. The van der Waals surface area contributed by atoms with Gasteiger partial charge in [-0.1, -0.05) is 22.0 Å². The first kappa shape index (κ1) is 10.5. The van der Waals surface area contributed by atoms with Crippen molar-refractivity contribution in [1.29, 1.82) is 0 Å². The monoisotopic (exact) mass is 288 g/mol. The minimum atomic E-state index is -0.0251. The SMILES string of the molecule is O=C1c2ncccc2CN1c1ccc(Br)cc1. The van der Waals surface area contributed by atoms with Gasteiger partial charge in [-0.3, -0.25) is 9.78 Å². The molecule has 0 spiro atoms. The first-order valence-electron chi connectivity index (χ1n) is 5.27. The van der Waals surface area contributed by atoms with Crippen molar-refractivity contribution in [2.45, 2.75) is 6.54 Å². The lowest BCUT2D eigenvalue weighted by molar-refractivity contribution is 0.0992. The number of benzene rings is 1. The molecule has 1 aliphatic rings. The fourth-order valence-corrected chi connectivity index (χ4v) is 2.22. The summed E-state index contributed by atoms with van der Waals surface area (Å²) in [6.07, 6.45) is 1.65. The van der Waals surface area contributed by atoms with E-state index in [-0.39, 0.29) is 5.91 Å². The van der Waals surface area contributed by atoms with Gasteiger partial charge in [0.15, 0.2) is 0 Å². The number of aromatic nitrogens is 1. The van der Waals surface area contributed by atoms with Gasteiger partial charge in [0.05, 0.1) is 6.54 Å². The van der Waals surface area contributed by atoms with E-state index in [1.165, 1.54) is 0 Å². The number of carbonyl (C=O) groups is 1. The maximum Gasteiger partial charge on any atom is 0.277 e. The lowest BCUT2D eigenvalue weighted by Gasteiger charge is -2.15. The van der Waals surface area contributed by atoms with Crippen molar-refractivity contribution >= 4 is 27.5 Å². The summed E-state index contributed by atoms with van der Waals surface area (Å²) in [5.74, 6) is -0.0251. The third kappa shape index (κ3) is 1.74. The van der Waals surface area contributed by atoms with Crippen LogP contribution in [0.25, 0.3) is 0 Å². The second kappa shape index (κ2) is 3.96. The molecule has 0 atom stereocenters. The van der Waals surface area contributed by atoms with Crippen LogP contribution in [0.2, 0.25) is 0 Å². The standard InChI is InChI=1S/C13H9BrN2O/c14-10-3-5-11(6-4-10)16-8-9-2-1-7-15-12(9)13(16)17/h1-7H,8H2. The average Bonchev–Trinajstić information content (AvgIpc) is 2.69. The van der Waals surface area contributed by atoms with E-state index in [4.69, 9.17) is 0 Å². The Labute approximate surface area is 107 Å². The molecule has 0 fully saturated rings. The summed E-state index contributed by atoms with van der Waals surface area (Å²) in [5.41, 5.74) is 2.45. The third-order valence-corrected chi connectivity index (χ3v) is 3.33. The zero-order valence-corrected chi connectivity index (χ0v) is 10.5. The Bertz CT molecular complexity index is 580. The van der Waals surface area contributed by atoms with Gasteiger partial charge >= 0.3 is 0 Å². The van der Waals surface area contributed by atoms with Crippen molar-refractivity contribution in [1.82, 2.24) is 4.98 Å². The van der Waals surface area contributed by atoms with Crippen molar-refractivity contribution in [3.63, 3.8) is 0 Å². The van der Waals surface area contributed by atoms with E-state index in [2.05, 4.69) is 20.9 Å². The highest BCUT2D eigenvalue weighted by molar-refractivity contribution is 9.10. The molecule has 0 radical (unpaired) electrons. The summed E-state index contributed by atoms with van der Waals surface area (Å²) in [5, 5.41) is 0. The number of amides is 1. The largest absolute Gasteiger partial charge is 0.303 e. The number of hydrogen-bond acceptors (Lipinski definition) is 2. The van der Waals surface area contributed by atoms with Crippen LogP contribution in [0.1, 0.15) is 16.1 Å². The molecule has 0 aliphatic carbocycles. The molecule has 0 bridgehead atoms. The first-order valence-corrected chi connectivity index (χ1v) is 6.06. The molecule has 1 aliphatic heterocycles. The Morgan fingerprint density at radius 3 is 2.65 bits per heavy atom. The maximum absolute atomic E-state index is 12.1. The van der Waals surface area contributed by atoms with Crippen LogP contribution in [-0.4, -0.2) is 10.9 Å². The van der Waals surface area contributed by atoms with Gasteiger partial charge in [0.2, 0.25) is 0 Å². The molecule has 0 saturated carbocycles. The molecule has 3 rings (SSSR count). The van der Waals surface area contributed by atoms with Crippen LogP contribution in [-0.2, 0) is 6.54 Å². The van der Waals surface area contributed by atoms with Gasteiger partial charge in [-0.2, -0.15) is 0 Å². The molecule has 1 amide bonds. The van der Waals surface area contributed by atoms with Gasteiger partial charge in [0.1, 0.15) is 5.69 Å². The van der Waals surface area contributed by atoms with Gasteiger partial charge in [-0.15, -0.1) is 0 Å². The van der Waals surface area contributed by atoms with Gasteiger partial charge in [-0.25, -0.2) is 0 Å². The Hall–Kier alpha value is -1.68. The number of carbonyl (C=O) groups excluding carboxylic acids is 1. The van der Waals surface area contributed by atoms with E-state index in [1.54, 1.807) is 11.1 Å². The van der Waals surface area contributed by atoms with Crippen LogP contribution in [0.4, 0.5) is 5.69 Å². The van der Waals surface area contributed by atoms with E-state index >= 15 is 0 Å². The first-order chi connectivity index (χ1) is 8.25. The van der Waals surface area contributed by atoms with Crippen molar-refractivity contribution in [3.8, 4) is 0 Å². The van der Waals surface area contributed by atoms with Gasteiger partial charge in [-0.05, 0) is 30.3 Å². The van der Waals surface area contributed by atoms with E-state index in [0.717, 1.165) is 15.7 Å². The molecular weight excluding hydrogens is 280 g/mol. The minimum Gasteiger partial charge on any atom is -0.303 e. The lowest BCUT2D eigenvalue weighted by atomic mass is 10.2. The number of nitrogens with zero attached hydrogens (tertiary/aromatic N) is 2. The predicted octanol–water partition coefficient (Wildman–Crippen LogP) is 3.00. The number of rotatable bonds is 1. The molecule has 0 unspecified atom stereocenters. The van der Waals surface area contributed by atoms with Crippen LogP contribution < -0.4 is 4.90 Å². The summed E-state index contributed by atoms with van der Waals surface area (Å²) in [7, 11) is 0. The number of fused-ring (bicyclic) bond motifs is 1. The molecule has 1 aromatic heterocycles. The van der Waals surface area contributed by atoms with Crippen LogP contribution in [0.15, 0.2) is 47.1 Å². The van der Waals surface area contributed by atoms with E-state index in [9.17, 15) is 4.79 Å². The summed E-state index contributed by atoms with van der Waals surface area (Å²) in [6, 6.07) is 11.5. The van der Waals surface area contributed by atoms with Crippen LogP contribution in [0, 0.1) is 0 Å². The predicted molar refractivity (Wildman–Crippen MR) is 68.9 cm³/mol. The second-order valence-corrected chi connectivity index (χ2v) is 4.79. The Kier molecular flexibility index (Phi) is 2.44. The summed E-state index contributed by atoms with van der Waals surface area (Å²) in [6.45, 7) is 0.601. The van der Waals surface area contributed by atoms with Crippen molar-refractivity contribution in [3.05, 3.63) is 58.3 Å². The molecule has 1 aromatic carbocycles. The molecule has 0 N–H and O–H groups in total. The van der Waals surface area contributed by atoms with Gasteiger partial charge in [0, 0.05) is 21.9 Å². The molecule has 84 valence electrons. The summed E-state index contributed by atoms with van der Waals surface area (Å²) >= 11 is 3.38. The van der Waals surface area contributed by atoms with Crippen LogP contribution in [0.3, 0.4) is 0 Å². The van der Waals surface area contributed by atoms with E-state index in [0.29, 0.717) is 12.2 Å². The van der Waals surface area contributed by atoms with Gasteiger partial charge < -0.3 is 4.90 Å². The molecule has 4 heteroatoms. The normalized spacial score (nSPS) is 13.9. The Morgan fingerprint density at radius 1 is 1.18 bits per heavy atom. The quantitative estimate of drug-likeness (QED) is 0.808.